The molecule has 1 aromatic heterocycles. The minimum Gasteiger partial charge on any atom is -0.465 e. The highest BCUT2D eigenvalue weighted by molar-refractivity contribution is 5.74. The van der Waals surface area contributed by atoms with Crippen molar-refractivity contribution in [2.45, 2.75) is 39.0 Å². The number of nitrogens with zero attached hydrogens (tertiary/aromatic N) is 3. The Bertz CT molecular complexity index is 848. The Labute approximate surface area is 159 Å². The largest absolute Gasteiger partial charge is 0.465 e. The number of imidazole rings is 1. The predicted molar refractivity (Wildman–Crippen MR) is 105 cm³/mol. The maximum atomic E-state index is 10.9. The molecule has 0 unspecified atom stereocenters. The number of hydrogen-bond acceptors (Lipinski definition) is 3. The van der Waals surface area contributed by atoms with Gasteiger partial charge in [-0.2, -0.15) is 0 Å². The Morgan fingerprint density at radius 2 is 1.96 bits per heavy atom. The fourth-order valence-corrected chi connectivity index (χ4v) is 3.62. The van der Waals surface area contributed by atoms with Crippen molar-refractivity contribution < 1.29 is 14.7 Å². The number of aldehydes is 1. The third-order valence-corrected chi connectivity index (χ3v) is 4.99. The second-order valence-electron chi connectivity index (χ2n) is 6.78. The average molecular weight is 367 g/mol. The molecule has 3 heterocycles. The van der Waals surface area contributed by atoms with Gasteiger partial charge in [-0.3, -0.25) is 4.79 Å². The van der Waals surface area contributed by atoms with E-state index in [2.05, 4.69) is 29.3 Å². The molecule has 2 aromatic rings. The molecule has 0 saturated carbocycles. The summed E-state index contributed by atoms with van der Waals surface area (Å²) in [6.07, 6.45) is 11.0. The molecule has 142 valence electrons. The number of rotatable bonds is 2. The summed E-state index contributed by atoms with van der Waals surface area (Å²) < 4.78 is 2.03. The lowest BCUT2D eigenvalue weighted by Gasteiger charge is -2.22. The Morgan fingerprint density at radius 1 is 1.19 bits per heavy atom. The zero-order chi connectivity index (χ0) is 19.2. The fraction of sp³-hybridized carbons (Fsp3) is 0.381. The van der Waals surface area contributed by atoms with Crippen LogP contribution in [0.3, 0.4) is 0 Å². The summed E-state index contributed by atoms with van der Waals surface area (Å²) in [5.74, 6) is 0. The molecule has 0 radical (unpaired) electrons. The van der Waals surface area contributed by atoms with Crippen LogP contribution >= 0.6 is 0 Å². The van der Waals surface area contributed by atoms with Gasteiger partial charge in [-0.15, -0.1) is 0 Å². The number of carbonyl (C=O) groups excluding carboxylic acids is 1. The summed E-state index contributed by atoms with van der Waals surface area (Å²) in [6.45, 7) is 3.48. The molecule has 1 aromatic carbocycles. The van der Waals surface area contributed by atoms with Gasteiger partial charge in [0, 0.05) is 13.1 Å². The molecule has 1 fully saturated rings. The zero-order valence-electron chi connectivity index (χ0n) is 15.6. The molecule has 2 aliphatic heterocycles. The summed E-state index contributed by atoms with van der Waals surface area (Å²) >= 11 is 0. The number of aromatic nitrogens is 2. The zero-order valence-corrected chi connectivity index (χ0v) is 15.6. The number of allylic oxidation sites excluding steroid dienone is 1. The van der Waals surface area contributed by atoms with Crippen LogP contribution in [0.5, 0.6) is 0 Å². The van der Waals surface area contributed by atoms with E-state index in [9.17, 15) is 9.59 Å². The van der Waals surface area contributed by atoms with Crippen LogP contribution in [0, 0.1) is 0 Å². The standard InChI is InChI=1S/C15H14N2O.C6H11NO2/c1-2-3-11-4-6-14-12(8-11)5-7-15-13(9-18)16-10-17(14)15;8-6(9)7-4-2-1-3-5-7/h2-4,6,8-10H,5,7H2,1H3;1-5H2,(H,8,9)/b3-2+;. The Hall–Kier alpha value is -2.89. The lowest BCUT2D eigenvalue weighted by Crippen LogP contribution is -2.34. The molecule has 6 heteroatoms. The minimum atomic E-state index is -0.769. The first kappa shape index (κ1) is 18.9. The normalized spacial score (nSPS) is 15.5. The van der Waals surface area contributed by atoms with Crippen molar-refractivity contribution in [3.05, 3.63) is 53.1 Å². The topological polar surface area (TPSA) is 75.4 Å². The minimum absolute atomic E-state index is 0.568. The SMILES string of the molecule is C/C=C/c1ccc2c(c1)CCc1c(C=O)ncn1-2.O=C(O)N1CCCCC1. The van der Waals surface area contributed by atoms with Gasteiger partial charge < -0.3 is 14.6 Å². The average Bonchev–Trinajstić information content (AvgIpc) is 3.13. The predicted octanol–water partition coefficient (Wildman–Crippen LogP) is 3.97. The van der Waals surface area contributed by atoms with Gasteiger partial charge in [0.25, 0.3) is 0 Å². The van der Waals surface area contributed by atoms with E-state index in [1.165, 1.54) is 22.4 Å². The number of amides is 1. The first-order valence-electron chi connectivity index (χ1n) is 9.39. The molecular weight excluding hydrogens is 342 g/mol. The van der Waals surface area contributed by atoms with Crippen LogP contribution in [-0.2, 0) is 12.8 Å². The lowest BCUT2D eigenvalue weighted by atomic mass is 9.98. The smallest absolute Gasteiger partial charge is 0.407 e. The summed E-state index contributed by atoms with van der Waals surface area (Å²) in [6, 6.07) is 6.40. The van der Waals surface area contributed by atoms with Crippen molar-refractivity contribution in [2.24, 2.45) is 0 Å². The Morgan fingerprint density at radius 3 is 2.59 bits per heavy atom. The first-order chi connectivity index (χ1) is 13.1. The van der Waals surface area contributed by atoms with E-state index in [0.717, 1.165) is 56.4 Å². The van der Waals surface area contributed by atoms with Crippen LogP contribution in [0.1, 0.15) is 53.5 Å². The van der Waals surface area contributed by atoms with E-state index in [4.69, 9.17) is 5.11 Å². The van der Waals surface area contributed by atoms with Gasteiger partial charge in [-0.25, -0.2) is 9.78 Å². The van der Waals surface area contributed by atoms with Gasteiger partial charge in [-0.05, 0) is 62.3 Å². The van der Waals surface area contributed by atoms with Crippen molar-refractivity contribution in [3.63, 3.8) is 0 Å². The molecule has 2 aliphatic rings. The fourth-order valence-electron chi connectivity index (χ4n) is 3.62. The van der Waals surface area contributed by atoms with Crippen molar-refractivity contribution in [1.82, 2.24) is 14.5 Å². The van der Waals surface area contributed by atoms with Gasteiger partial charge in [0.1, 0.15) is 12.0 Å². The van der Waals surface area contributed by atoms with Crippen molar-refractivity contribution in [2.75, 3.05) is 13.1 Å². The van der Waals surface area contributed by atoms with Crippen molar-refractivity contribution in [1.29, 1.82) is 0 Å². The van der Waals surface area contributed by atoms with Crippen molar-refractivity contribution in [3.8, 4) is 5.69 Å². The van der Waals surface area contributed by atoms with Crippen LogP contribution in [0.25, 0.3) is 11.8 Å². The highest BCUT2D eigenvalue weighted by Crippen LogP contribution is 2.27. The van der Waals surface area contributed by atoms with Crippen LogP contribution in [0.15, 0.2) is 30.6 Å². The molecule has 0 bridgehead atoms. The highest BCUT2D eigenvalue weighted by atomic mass is 16.4. The molecule has 27 heavy (non-hydrogen) atoms. The van der Waals surface area contributed by atoms with Gasteiger partial charge in [0.15, 0.2) is 6.29 Å². The summed E-state index contributed by atoms with van der Waals surface area (Å²) in [7, 11) is 0. The molecule has 0 spiro atoms. The maximum Gasteiger partial charge on any atom is 0.407 e. The molecule has 4 rings (SSSR count). The molecule has 1 saturated heterocycles. The van der Waals surface area contributed by atoms with E-state index in [0.29, 0.717) is 5.69 Å². The van der Waals surface area contributed by atoms with Crippen LogP contribution in [0.2, 0.25) is 0 Å². The van der Waals surface area contributed by atoms with E-state index in [-0.39, 0.29) is 0 Å². The maximum absolute atomic E-state index is 10.9. The monoisotopic (exact) mass is 367 g/mol. The number of carbonyl (C=O) groups is 2. The van der Waals surface area contributed by atoms with Crippen LogP contribution in [0.4, 0.5) is 4.79 Å². The van der Waals surface area contributed by atoms with Gasteiger partial charge in [-0.1, -0.05) is 18.2 Å². The number of benzene rings is 1. The third kappa shape index (κ3) is 4.27. The van der Waals surface area contributed by atoms with E-state index in [1.54, 1.807) is 6.33 Å². The number of aryl methyl sites for hydroxylation is 1. The van der Waals surface area contributed by atoms with E-state index in [1.807, 2.05) is 17.6 Å². The Kier molecular flexibility index (Phi) is 6.06. The second kappa shape index (κ2) is 8.66. The lowest BCUT2D eigenvalue weighted by molar-refractivity contribution is 0.111. The molecule has 1 N–H and O–H groups in total. The number of hydrogen-bond donors (Lipinski definition) is 1. The summed E-state index contributed by atoms with van der Waals surface area (Å²) in [5, 5.41) is 8.46. The van der Waals surface area contributed by atoms with Gasteiger partial charge in [0.05, 0.1) is 11.4 Å². The highest BCUT2D eigenvalue weighted by Gasteiger charge is 2.19. The van der Waals surface area contributed by atoms with Crippen molar-refractivity contribution >= 4 is 18.5 Å². The summed E-state index contributed by atoms with van der Waals surface area (Å²) in [4.78, 5) is 26.8. The van der Waals surface area contributed by atoms with Gasteiger partial charge in [0.2, 0.25) is 0 Å². The number of carboxylic acid groups (broad SMARTS) is 1. The molecule has 0 aliphatic carbocycles. The van der Waals surface area contributed by atoms with E-state index < -0.39 is 6.09 Å². The first-order valence-corrected chi connectivity index (χ1v) is 9.39. The van der Waals surface area contributed by atoms with Crippen LogP contribution in [-0.4, -0.2) is 45.0 Å². The molecular formula is C21H25N3O3. The van der Waals surface area contributed by atoms with Crippen LogP contribution < -0.4 is 0 Å². The quantitative estimate of drug-likeness (QED) is 0.815. The summed E-state index contributed by atoms with van der Waals surface area (Å²) in [5.41, 5.74) is 5.27. The number of likely N-dealkylation sites (tertiary alicyclic amines) is 1. The third-order valence-electron chi connectivity index (χ3n) is 4.99. The number of fused-ring (bicyclic) bond motifs is 3. The van der Waals surface area contributed by atoms with E-state index >= 15 is 0 Å². The molecule has 0 atom stereocenters. The molecule has 6 nitrogen and oxygen atoms in total. The van der Waals surface area contributed by atoms with Gasteiger partial charge >= 0.3 is 6.09 Å². The number of piperidine rings is 1. The Balaban J connectivity index is 0.000000197. The molecule has 1 amide bonds. The second-order valence-corrected chi connectivity index (χ2v) is 6.78.